The molecule has 1 aromatic carbocycles. The van der Waals surface area contributed by atoms with Crippen LogP contribution in [0.15, 0.2) is 67.4 Å². The minimum atomic E-state index is -4.66. The van der Waals surface area contributed by atoms with E-state index in [1.165, 1.54) is 18.6 Å². The number of nitrogens with one attached hydrogen (secondary N) is 3. The maximum absolute atomic E-state index is 13.3. The molecular formula is C24H18F3N9O. The number of halogens is 3. The zero-order chi connectivity index (χ0) is 26.0. The third kappa shape index (κ3) is 5.15. The van der Waals surface area contributed by atoms with Gasteiger partial charge >= 0.3 is 6.18 Å². The molecule has 0 atom stereocenters. The standard InChI is InChI=1S/C24H18F3N9O/c25-24(26,27)16-8-18(23(37)34-19-5-6-29-12-33-19)21(32-11-16)30-9-13-1-3-14(4-2-13)15-7-17-20(28)35-36-22(17)31-10-15/h1-8,10-12H,9H2,(H,30,32)(H3,28,31,35,36)(H,29,33,34,37). The van der Waals surface area contributed by atoms with Crippen molar-refractivity contribution < 1.29 is 18.0 Å². The van der Waals surface area contributed by atoms with Gasteiger partial charge in [-0.2, -0.15) is 18.3 Å². The maximum Gasteiger partial charge on any atom is 0.417 e. The average Bonchev–Trinajstić information content (AvgIpc) is 3.27. The molecule has 0 saturated heterocycles. The van der Waals surface area contributed by atoms with E-state index in [4.69, 9.17) is 5.73 Å². The Hall–Kier alpha value is -5.07. The van der Waals surface area contributed by atoms with Crippen molar-refractivity contribution in [3.8, 4) is 11.1 Å². The number of hydrogen-bond donors (Lipinski definition) is 4. The Morgan fingerprint density at radius 2 is 1.81 bits per heavy atom. The van der Waals surface area contributed by atoms with E-state index in [2.05, 4.69) is 40.8 Å². The fourth-order valence-corrected chi connectivity index (χ4v) is 3.56. The van der Waals surface area contributed by atoms with Crippen molar-refractivity contribution in [1.82, 2.24) is 30.1 Å². The van der Waals surface area contributed by atoms with Gasteiger partial charge in [-0.15, -0.1) is 0 Å². The van der Waals surface area contributed by atoms with E-state index in [0.29, 0.717) is 23.0 Å². The quantitative estimate of drug-likeness (QED) is 0.267. The van der Waals surface area contributed by atoms with Gasteiger partial charge in [-0.25, -0.2) is 19.9 Å². The van der Waals surface area contributed by atoms with Crippen LogP contribution in [0.2, 0.25) is 0 Å². The predicted octanol–water partition coefficient (Wildman–Crippen LogP) is 4.28. The normalized spacial score (nSPS) is 11.4. The molecule has 0 fully saturated rings. The van der Waals surface area contributed by atoms with Crippen LogP contribution in [0, 0.1) is 0 Å². The van der Waals surface area contributed by atoms with E-state index in [9.17, 15) is 18.0 Å². The Balaban J connectivity index is 1.35. The van der Waals surface area contributed by atoms with Gasteiger partial charge in [0.25, 0.3) is 5.91 Å². The van der Waals surface area contributed by atoms with Crippen molar-refractivity contribution in [1.29, 1.82) is 0 Å². The van der Waals surface area contributed by atoms with Crippen molar-refractivity contribution in [2.24, 2.45) is 0 Å². The van der Waals surface area contributed by atoms with E-state index in [-0.39, 0.29) is 23.7 Å². The molecule has 37 heavy (non-hydrogen) atoms. The van der Waals surface area contributed by atoms with Crippen molar-refractivity contribution in [2.45, 2.75) is 12.7 Å². The molecule has 4 heterocycles. The number of alkyl halides is 3. The van der Waals surface area contributed by atoms with E-state index >= 15 is 0 Å². The molecule has 10 nitrogen and oxygen atoms in total. The summed E-state index contributed by atoms with van der Waals surface area (Å²) in [5, 5.41) is 12.8. The number of aromatic amines is 1. The molecule has 5 aromatic rings. The van der Waals surface area contributed by atoms with Crippen molar-refractivity contribution in [2.75, 3.05) is 16.4 Å². The highest BCUT2D eigenvalue weighted by Gasteiger charge is 2.32. The van der Waals surface area contributed by atoms with Crippen LogP contribution < -0.4 is 16.4 Å². The molecule has 0 aliphatic carbocycles. The summed E-state index contributed by atoms with van der Waals surface area (Å²) in [6, 6.07) is 11.5. The Morgan fingerprint density at radius 3 is 2.54 bits per heavy atom. The summed E-state index contributed by atoms with van der Waals surface area (Å²) in [4.78, 5) is 28.6. The van der Waals surface area contributed by atoms with Crippen molar-refractivity contribution >= 4 is 34.4 Å². The lowest BCUT2D eigenvalue weighted by atomic mass is 10.0. The first-order chi connectivity index (χ1) is 17.8. The van der Waals surface area contributed by atoms with Crippen LogP contribution in [-0.4, -0.2) is 36.0 Å². The lowest BCUT2D eigenvalue weighted by Crippen LogP contribution is -2.18. The molecule has 5 N–H and O–H groups in total. The highest BCUT2D eigenvalue weighted by atomic mass is 19.4. The van der Waals surface area contributed by atoms with Gasteiger partial charge in [0.05, 0.1) is 16.5 Å². The smallest absolute Gasteiger partial charge is 0.384 e. The number of anilines is 3. The topological polar surface area (TPSA) is 147 Å². The fraction of sp³-hybridized carbons (Fsp3) is 0.0833. The molecule has 13 heteroatoms. The number of fused-ring (bicyclic) bond motifs is 1. The minimum absolute atomic E-state index is 0.00582. The highest BCUT2D eigenvalue weighted by molar-refractivity contribution is 6.07. The molecular weight excluding hydrogens is 487 g/mol. The van der Waals surface area contributed by atoms with Gasteiger partial charge in [0.15, 0.2) is 5.65 Å². The summed E-state index contributed by atoms with van der Waals surface area (Å²) in [5.41, 5.74) is 7.62. The van der Waals surface area contributed by atoms with Gasteiger partial charge in [-0.1, -0.05) is 24.3 Å². The summed E-state index contributed by atoms with van der Waals surface area (Å²) in [5.74, 6) is -0.233. The van der Waals surface area contributed by atoms with Crippen molar-refractivity contribution in [3.05, 3.63) is 84.1 Å². The second-order valence-corrected chi connectivity index (χ2v) is 7.95. The molecule has 5 rings (SSSR count). The number of nitrogens with two attached hydrogens (primary N) is 1. The van der Waals surface area contributed by atoms with Crippen LogP contribution in [0.5, 0.6) is 0 Å². The zero-order valence-corrected chi connectivity index (χ0v) is 18.9. The van der Waals surface area contributed by atoms with Crippen LogP contribution >= 0.6 is 0 Å². The van der Waals surface area contributed by atoms with Gasteiger partial charge in [-0.3, -0.25) is 9.89 Å². The number of nitrogens with zero attached hydrogens (tertiary/aromatic N) is 5. The lowest BCUT2D eigenvalue weighted by Gasteiger charge is -2.14. The SMILES string of the molecule is Nc1[nH]nc2ncc(-c3ccc(CNc4ncc(C(F)(F)F)cc4C(=O)Nc4ccncn4)cc3)cc12. The van der Waals surface area contributed by atoms with Gasteiger partial charge < -0.3 is 16.4 Å². The largest absolute Gasteiger partial charge is 0.417 e. The monoisotopic (exact) mass is 505 g/mol. The number of nitrogen functional groups attached to an aromatic ring is 1. The Kier molecular flexibility index (Phi) is 6.09. The maximum atomic E-state index is 13.3. The van der Waals surface area contributed by atoms with E-state index in [0.717, 1.165) is 22.8 Å². The Labute approximate surface area is 207 Å². The van der Waals surface area contributed by atoms with Crippen LogP contribution in [0.3, 0.4) is 0 Å². The van der Waals surface area contributed by atoms with Gasteiger partial charge in [0.2, 0.25) is 0 Å². The summed E-state index contributed by atoms with van der Waals surface area (Å²) < 4.78 is 39.8. The number of carbonyl (C=O) groups excluding carboxylic acids is 1. The summed E-state index contributed by atoms with van der Waals surface area (Å²) in [6.07, 6.45) is 0.307. The van der Waals surface area contributed by atoms with Crippen LogP contribution in [-0.2, 0) is 12.7 Å². The zero-order valence-electron chi connectivity index (χ0n) is 18.9. The van der Waals surface area contributed by atoms with E-state index in [1.807, 2.05) is 30.3 Å². The number of rotatable bonds is 6. The molecule has 0 aliphatic heterocycles. The second kappa shape index (κ2) is 9.53. The first-order valence-electron chi connectivity index (χ1n) is 10.9. The third-order valence-electron chi connectivity index (χ3n) is 5.47. The Morgan fingerprint density at radius 1 is 1.00 bits per heavy atom. The number of carbonyl (C=O) groups is 1. The third-order valence-corrected chi connectivity index (χ3v) is 5.47. The van der Waals surface area contributed by atoms with E-state index < -0.39 is 17.6 Å². The van der Waals surface area contributed by atoms with Crippen LogP contribution in [0.1, 0.15) is 21.5 Å². The predicted molar refractivity (Wildman–Crippen MR) is 130 cm³/mol. The summed E-state index contributed by atoms with van der Waals surface area (Å²) >= 11 is 0. The molecule has 0 unspecified atom stereocenters. The molecule has 0 radical (unpaired) electrons. The molecule has 4 aromatic heterocycles. The van der Waals surface area contributed by atoms with E-state index in [1.54, 1.807) is 6.20 Å². The average molecular weight is 505 g/mol. The van der Waals surface area contributed by atoms with Gasteiger partial charge in [0.1, 0.15) is 23.8 Å². The molecule has 0 saturated carbocycles. The number of aromatic nitrogens is 6. The minimum Gasteiger partial charge on any atom is -0.384 e. The van der Waals surface area contributed by atoms with Crippen molar-refractivity contribution in [3.63, 3.8) is 0 Å². The molecule has 1 amide bonds. The fourth-order valence-electron chi connectivity index (χ4n) is 3.56. The highest BCUT2D eigenvalue weighted by Crippen LogP contribution is 2.31. The summed E-state index contributed by atoms with van der Waals surface area (Å²) in [6.45, 7) is 0.207. The molecule has 186 valence electrons. The first kappa shape index (κ1) is 23.7. The molecule has 0 aliphatic rings. The lowest BCUT2D eigenvalue weighted by molar-refractivity contribution is -0.137. The van der Waals surface area contributed by atoms with Gasteiger partial charge in [0, 0.05) is 30.7 Å². The molecule has 0 bridgehead atoms. The summed E-state index contributed by atoms with van der Waals surface area (Å²) in [7, 11) is 0. The number of hydrogen-bond acceptors (Lipinski definition) is 8. The Bertz CT molecular complexity index is 1570. The second-order valence-electron chi connectivity index (χ2n) is 7.95. The van der Waals surface area contributed by atoms with Crippen LogP contribution in [0.25, 0.3) is 22.2 Å². The van der Waals surface area contributed by atoms with Crippen LogP contribution in [0.4, 0.5) is 30.6 Å². The van der Waals surface area contributed by atoms with Gasteiger partial charge in [-0.05, 0) is 29.3 Å². The molecule has 0 spiro atoms. The number of benzene rings is 1. The first-order valence-corrected chi connectivity index (χ1v) is 10.9. The number of amides is 1. The number of H-pyrrole nitrogens is 1. The number of pyridine rings is 2.